The Labute approximate surface area is 137 Å². The van der Waals surface area contributed by atoms with E-state index < -0.39 is 15.8 Å². The highest BCUT2D eigenvalue weighted by molar-refractivity contribution is 7.91. The fraction of sp³-hybridized carbons (Fsp3) is 0.562. The second kappa shape index (κ2) is 7.90. The predicted octanol–water partition coefficient (Wildman–Crippen LogP) is 0.949. The highest BCUT2D eigenvalue weighted by Crippen LogP contribution is 2.20. The largest absolute Gasteiger partial charge is 0.481 e. The number of carbonyl (C=O) groups is 1. The fourth-order valence-corrected chi connectivity index (χ4v) is 4.60. The average molecular weight is 341 g/mol. The van der Waals surface area contributed by atoms with Gasteiger partial charge in [0.2, 0.25) is 0 Å². The lowest BCUT2D eigenvalue weighted by atomic mass is 10.1. The van der Waals surface area contributed by atoms with Crippen LogP contribution in [-0.4, -0.2) is 62.2 Å². The van der Waals surface area contributed by atoms with E-state index in [0.29, 0.717) is 26.1 Å². The topological polar surface area (TPSA) is 83.9 Å². The molecule has 6 nitrogen and oxygen atoms in total. The van der Waals surface area contributed by atoms with Crippen LogP contribution >= 0.6 is 0 Å². The number of hydrogen-bond acceptors (Lipinski definition) is 5. The second-order valence-corrected chi connectivity index (χ2v) is 8.14. The summed E-state index contributed by atoms with van der Waals surface area (Å²) in [5.74, 6) is -0.400. The minimum Gasteiger partial charge on any atom is -0.481 e. The van der Waals surface area contributed by atoms with Crippen molar-refractivity contribution in [3.05, 3.63) is 35.4 Å². The number of hydrogen-bond donors (Lipinski definition) is 1. The van der Waals surface area contributed by atoms with Gasteiger partial charge in [-0.3, -0.25) is 9.69 Å². The van der Waals surface area contributed by atoms with Crippen LogP contribution in [0, 0.1) is 0 Å². The van der Waals surface area contributed by atoms with E-state index in [1.807, 2.05) is 24.3 Å². The van der Waals surface area contributed by atoms with Crippen molar-refractivity contribution in [3.8, 4) is 0 Å². The molecule has 0 amide bonds. The first-order valence-corrected chi connectivity index (χ1v) is 9.45. The lowest BCUT2D eigenvalue weighted by molar-refractivity contribution is -0.136. The molecule has 1 unspecified atom stereocenters. The number of nitrogens with zero attached hydrogens (tertiary/aromatic N) is 1. The van der Waals surface area contributed by atoms with Crippen molar-refractivity contribution >= 4 is 15.8 Å². The highest BCUT2D eigenvalue weighted by Gasteiger charge is 2.32. The van der Waals surface area contributed by atoms with Crippen LogP contribution in [-0.2, 0) is 32.3 Å². The van der Waals surface area contributed by atoms with Gasteiger partial charge in [-0.15, -0.1) is 0 Å². The lowest BCUT2D eigenvalue weighted by Gasteiger charge is -2.27. The smallest absolute Gasteiger partial charge is 0.307 e. The van der Waals surface area contributed by atoms with Crippen LogP contribution in [0.15, 0.2) is 24.3 Å². The summed E-state index contributed by atoms with van der Waals surface area (Å²) in [6, 6.07) is 7.45. The molecule has 2 rings (SSSR count). The molecule has 0 bridgehead atoms. The van der Waals surface area contributed by atoms with Crippen LogP contribution in [0.2, 0.25) is 0 Å². The molecule has 0 saturated carbocycles. The number of methoxy groups -OCH3 is 1. The van der Waals surface area contributed by atoms with Gasteiger partial charge in [-0.2, -0.15) is 0 Å². The van der Waals surface area contributed by atoms with E-state index in [2.05, 4.69) is 4.90 Å². The van der Waals surface area contributed by atoms with Gasteiger partial charge < -0.3 is 9.84 Å². The van der Waals surface area contributed by atoms with Crippen molar-refractivity contribution in [2.75, 3.05) is 31.8 Å². The normalized spacial score (nSPS) is 20.0. The predicted molar refractivity (Wildman–Crippen MR) is 87.1 cm³/mol. The molecule has 1 heterocycles. The number of sulfone groups is 1. The maximum atomic E-state index is 11.7. The van der Waals surface area contributed by atoms with E-state index in [9.17, 15) is 13.2 Å². The number of rotatable bonds is 8. The SMILES string of the molecule is COCCN(Cc1ccc(CC(=O)O)cc1)C1CCS(=O)(=O)C1. The first-order valence-electron chi connectivity index (χ1n) is 7.62. The minimum atomic E-state index is -2.93. The minimum absolute atomic E-state index is 0.00847. The third-order valence-electron chi connectivity index (χ3n) is 4.07. The van der Waals surface area contributed by atoms with Gasteiger partial charge in [0.05, 0.1) is 24.5 Å². The summed E-state index contributed by atoms with van der Waals surface area (Å²) in [6.45, 7) is 1.86. The maximum absolute atomic E-state index is 11.7. The quantitative estimate of drug-likeness (QED) is 0.758. The van der Waals surface area contributed by atoms with Crippen LogP contribution in [0.25, 0.3) is 0 Å². The number of carboxylic acid groups (broad SMARTS) is 1. The van der Waals surface area contributed by atoms with E-state index in [1.165, 1.54) is 0 Å². The Morgan fingerprint density at radius 2 is 1.96 bits per heavy atom. The van der Waals surface area contributed by atoms with E-state index in [4.69, 9.17) is 9.84 Å². The average Bonchev–Trinajstić information content (AvgIpc) is 2.85. The number of benzene rings is 1. The highest BCUT2D eigenvalue weighted by atomic mass is 32.2. The van der Waals surface area contributed by atoms with Crippen molar-refractivity contribution in [1.29, 1.82) is 0 Å². The molecule has 0 spiro atoms. The molecule has 0 radical (unpaired) electrons. The molecule has 1 saturated heterocycles. The summed E-state index contributed by atoms with van der Waals surface area (Å²) in [6.07, 6.45) is 0.664. The van der Waals surface area contributed by atoms with Gasteiger partial charge >= 0.3 is 5.97 Å². The molecule has 1 aliphatic rings. The molecule has 7 heteroatoms. The third-order valence-corrected chi connectivity index (χ3v) is 5.82. The second-order valence-electron chi connectivity index (χ2n) is 5.91. The summed E-state index contributed by atoms with van der Waals surface area (Å²) in [4.78, 5) is 12.8. The molecule has 128 valence electrons. The summed E-state index contributed by atoms with van der Waals surface area (Å²) < 4.78 is 28.5. The molecule has 1 atom stereocenters. The molecule has 1 aromatic rings. The Morgan fingerprint density at radius 1 is 1.30 bits per heavy atom. The number of ether oxygens (including phenoxy) is 1. The summed E-state index contributed by atoms with van der Waals surface area (Å²) in [5.41, 5.74) is 1.80. The van der Waals surface area contributed by atoms with Gasteiger partial charge in [0.15, 0.2) is 9.84 Å². The molecule has 1 aromatic carbocycles. The first-order chi connectivity index (χ1) is 10.9. The fourth-order valence-electron chi connectivity index (χ4n) is 2.83. The Bertz CT molecular complexity index is 626. The van der Waals surface area contributed by atoms with E-state index in [1.54, 1.807) is 7.11 Å². The molecule has 1 fully saturated rings. The summed E-state index contributed by atoms with van der Waals surface area (Å²) >= 11 is 0. The van der Waals surface area contributed by atoms with Crippen LogP contribution in [0.4, 0.5) is 0 Å². The standard InChI is InChI=1S/C16H23NO5S/c1-22-8-7-17(15-6-9-23(20,21)12-15)11-14-4-2-13(3-5-14)10-16(18)19/h2-5,15H,6-12H2,1H3,(H,18,19). The molecular formula is C16H23NO5S. The molecular weight excluding hydrogens is 318 g/mol. The van der Waals surface area contributed by atoms with Crippen molar-refractivity contribution in [2.45, 2.75) is 25.4 Å². The van der Waals surface area contributed by atoms with E-state index in [0.717, 1.165) is 11.1 Å². The third kappa shape index (κ3) is 5.60. The van der Waals surface area contributed by atoms with Crippen molar-refractivity contribution in [2.24, 2.45) is 0 Å². The van der Waals surface area contributed by atoms with E-state index >= 15 is 0 Å². The lowest BCUT2D eigenvalue weighted by Crippen LogP contribution is -2.38. The van der Waals surface area contributed by atoms with Gasteiger partial charge in [0.25, 0.3) is 0 Å². The monoisotopic (exact) mass is 341 g/mol. The van der Waals surface area contributed by atoms with Gasteiger partial charge in [0, 0.05) is 26.2 Å². The molecule has 1 N–H and O–H groups in total. The van der Waals surface area contributed by atoms with Crippen LogP contribution in [0.1, 0.15) is 17.5 Å². The summed E-state index contributed by atoms with van der Waals surface area (Å²) in [5, 5.41) is 8.79. The Balaban J connectivity index is 2.03. The Kier molecular flexibility index (Phi) is 6.15. The molecule has 0 aliphatic carbocycles. The van der Waals surface area contributed by atoms with Gasteiger partial charge in [-0.25, -0.2) is 8.42 Å². The van der Waals surface area contributed by atoms with Gasteiger partial charge in [-0.05, 0) is 17.5 Å². The zero-order chi connectivity index (χ0) is 16.9. The van der Waals surface area contributed by atoms with Gasteiger partial charge in [-0.1, -0.05) is 24.3 Å². The summed E-state index contributed by atoms with van der Waals surface area (Å²) in [7, 11) is -1.30. The molecule has 0 aromatic heterocycles. The number of aliphatic carboxylic acids is 1. The van der Waals surface area contributed by atoms with Crippen molar-refractivity contribution in [3.63, 3.8) is 0 Å². The molecule has 1 aliphatic heterocycles. The zero-order valence-corrected chi connectivity index (χ0v) is 14.1. The van der Waals surface area contributed by atoms with Gasteiger partial charge in [0.1, 0.15) is 0 Å². The maximum Gasteiger partial charge on any atom is 0.307 e. The van der Waals surface area contributed by atoms with E-state index in [-0.39, 0.29) is 24.0 Å². The van der Waals surface area contributed by atoms with Crippen molar-refractivity contribution in [1.82, 2.24) is 4.90 Å². The van der Waals surface area contributed by atoms with Crippen LogP contribution in [0.3, 0.4) is 0 Å². The Morgan fingerprint density at radius 3 is 2.48 bits per heavy atom. The Hall–Kier alpha value is -1.44. The molecule has 23 heavy (non-hydrogen) atoms. The first kappa shape index (κ1) is 17.9. The van der Waals surface area contributed by atoms with Crippen LogP contribution < -0.4 is 0 Å². The van der Waals surface area contributed by atoms with Crippen molar-refractivity contribution < 1.29 is 23.1 Å². The van der Waals surface area contributed by atoms with Crippen LogP contribution in [0.5, 0.6) is 0 Å². The number of carboxylic acids is 1. The zero-order valence-electron chi connectivity index (χ0n) is 13.3.